The highest BCUT2D eigenvalue weighted by Gasteiger charge is 2.27. The Bertz CT molecular complexity index is 586. The molecule has 2 nitrogen and oxygen atoms in total. The molecule has 0 saturated heterocycles. The van der Waals surface area contributed by atoms with Crippen LogP contribution in [-0.4, -0.2) is 11.1 Å². The van der Waals surface area contributed by atoms with Crippen LogP contribution in [-0.2, 0) is 6.42 Å². The molecule has 0 spiro atoms. The highest BCUT2D eigenvalue weighted by Crippen LogP contribution is 2.32. The number of hydrogen-bond donors (Lipinski definition) is 2. The van der Waals surface area contributed by atoms with E-state index < -0.39 is 6.10 Å². The minimum absolute atomic E-state index is 0.0103. The highest BCUT2D eigenvalue weighted by molar-refractivity contribution is 6.31. The molecule has 0 radical (unpaired) electrons. The molecule has 2 unspecified atom stereocenters. The maximum atomic E-state index is 10.5. The van der Waals surface area contributed by atoms with Crippen molar-refractivity contribution in [3.05, 3.63) is 64.2 Å². The lowest BCUT2D eigenvalue weighted by Crippen LogP contribution is -2.24. The van der Waals surface area contributed by atoms with Crippen LogP contribution < -0.4 is 5.32 Å². The summed E-state index contributed by atoms with van der Waals surface area (Å²) in [6.45, 7) is 1.96. The molecule has 2 aromatic rings. The van der Waals surface area contributed by atoms with E-state index in [1.165, 1.54) is 5.56 Å². The Morgan fingerprint density at radius 3 is 2.79 bits per heavy atom. The number of aryl methyl sites for hydroxylation is 1. The summed E-state index contributed by atoms with van der Waals surface area (Å²) in [6, 6.07) is 13.9. The predicted octanol–water partition coefficient (Wildman–Crippen LogP) is 3.72. The van der Waals surface area contributed by atoms with Gasteiger partial charge in [0, 0.05) is 10.7 Å². The van der Waals surface area contributed by atoms with Gasteiger partial charge in [0.25, 0.3) is 0 Å². The van der Waals surface area contributed by atoms with Gasteiger partial charge >= 0.3 is 0 Å². The van der Waals surface area contributed by atoms with Crippen molar-refractivity contribution in [1.82, 2.24) is 0 Å². The molecule has 0 bridgehead atoms. The summed E-state index contributed by atoms with van der Waals surface area (Å²) in [6.07, 6.45) is 0.286. The van der Waals surface area contributed by atoms with Crippen molar-refractivity contribution in [1.29, 1.82) is 0 Å². The van der Waals surface area contributed by atoms with Crippen molar-refractivity contribution in [2.75, 3.05) is 5.32 Å². The van der Waals surface area contributed by atoms with E-state index in [9.17, 15) is 5.11 Å². The van der Waals surface area contributed by atoms with E-state index in [2.05, 4.69) is 11.4 Å². The average Bonchev–Trinajstić information content (AvgIpc) is 2.85. The summed E-state index contributed by atoms with van der Waals surface area (Å²) >= 11 is 6.12. The predicted molar refractivity (Wildman–Crippen MR) is 78.7 cm³/mol. The summed E-state index contributed by atoms with van der Waals surface area (Å²) in [5, 5.41) is 14.6. The molecule has 0 amide bonds. The van der Waals surface area contributed by atoms with Crippen molar-refractivity contribution in [3.8, 4) is 0 Å². The van der Waals surface area contributed by atoms with Gasteiger partial charge in [0.2, 0.25) is 0 Å². The Kier molecular flexibility index (Phi) is 3.21. The van der Waals surface area contributed by atoms with Crippen molar-refractivity contribution in [2.45, 2.75) is 25.5 Å². The molecule has 3 rings (SSSR count). The Hall–Kier alpha value is -1.51. The van der Waals surface area contributed by atoms with Crippen molar-refractivity contribution >= 4 is 17.3 Å². The molecule has 2 aromatic carbocycles. The first-order valence-corrected chi connectivity index (χ1v) is 6.81. The Balaban J connectivity index is 1.82. The standard InChI is InChI=1S/C16H16ClNO/c1-10-6-7-12(8-13(10)17)16(19)15-9-11-4-2-3-5-14(11)18-15/h2-8,15-16,18-19H,9H2,1H3. The summed E-state index contributed by atoms with van der Waals surface area (Å²) in [4.78, 5) is 0. The molecule has 0 aromatic heterocycles. The van der Waals surface area contributed by atoms with Gasteiger partial charge in [-0.1, -0.05) is 41.9 Å². The number of rotatable bonds is 2. The minimum atomic E-state index is -0.550. The number of anilines is 1. The van der Waals surface area contributed by atoms with Gasteiger partial charge in [-0.15, -0.1) is 0 Å². The lowest BCUT2D eigenvalue weighted by molar-refractivity contribution is 0.156. The second kappa shape index (κ2) is 4.87. The summed E-state index contributed by atoms with van der Waals surface area (Å²) < 4.78 is 0. The zero-order chi connectivity index (χ0) is 13.4. The van der Waals surface area contributed by atoms with E-state index in [4.69, 9.17) is 11.6 Å². The Morgan fingerprint density at radius 1 is 1.26 bits per heavy atom. The molecule has 1 heterocycles. The first kappa shape index (κ1) is 12.5. The fourth-order valence-corrected chi connectivity index (χ4v) is 2.73. The number of para-hydroxylation sites is 1. The summed E-state index contributed by atoms with van der Waals surface area (Å²) in [7, 11) is 0. The fourth-order valence-electron chi connectivity index (χ4n) is 2.54. The molecule has 0 fully saturated rings. The van der Waals surface area contributed by atoms with Crippen molar-refractivity contribution in [2.24, 2.45) is 0 Å². The number of benzene rings is 2. The van der Waals surface area contributed by atoms with Gasteiger partial charge in [0.15, 0.2) is 0 Å². The van der Waals surface area contributed by atoms with Gasteiger partial charge in [-0.25, -0.2) is 0 Å². The van der Waals surface area contributed by atoms with E-state index in [1.54, 1.807) is 0 Å². The molecule has 2 atom stereocenters. The van der Waals surface area contributed by atoms with E-state index in [1.807, 2.05) is 43.3 Å². The van der Waals surface area contributed by atoms with Crippen molar-refractivity contribution in [3.63, 3.8) is 0 Å². The third-order valence-electron chi connectivity index (χ3n) is 3.72. The third kappa shape index (κ3) is 2.34. The summed E-state index contributed by atoms with van der Waals surface area (Å²) in [5.41, 5.74) is 4.26. The number of nitrogens with one attached hydrogen (secondary N) is 1. The molecule has 0 saturated carbocycles. The SMILES string of the molecule is Cc1ccc(C(O)C2Cc3ccccc3N2)cc1Cl. The van der Waals surface area contributed by atoms with Crippen LogP contribution in [0.15, 0.2) is 42.5 Å². The van der Waals surface area contributed by atoms with E-state index >= 15 is 0 Å². The third-order valence-corrected chi connectivity index (χ3v) is 4.12. The molecule has 1 aliphatic heterocycles. The summed E-state index contributed by atoms with van der Waals surface area (Å²) in [5.74, 6) is 0. The maximum absolute atomic E-state index is 10.5. The quantitative estimate of drug-likeness (QED) is 0.874. The largest absolute Gasteiger partial charge is 0.386 e. The maximum Gasteiger partial charge on any atom is 0.0994 e. The monoisotopic (exact) mass is 273 g/mol. The zero-order valence-corrected chi connectivity index (χ0v) is 11.5. The van der Waals surface area contributed by atoms with Crippen molar-refractivity contribution < 1.29 is 5.11 Å². The van der Waals surface area contributed by atoms with Crippen LogP contribution in [0.2, 0.25) is 5.02 Å². The number of halogens is 1. The number of fused-ring (bicyclic) bond motifs is 1. The molecule has 3 heteroatoms. The van der Waals surface area contributed by atoms with Gasteiger partial charge in [0.05, 0.1) is 12.1 Å². The molecule has 2 N–H and O–H groups in total. The van der Waals surface area contributed by atoms with Crippen LogP contribution in [0.25, 0.3) is 0 Å². The van der Waals surface area contributed by atoms with Crippen LogP contribution in [0.4, 0.5) is 5.69 Å². The van der Waals surface area contributed by atoms with Crippen LogP contribution in [0, 0.1) is 6.92 Å². The first-order valence-electron chi connectivity index (χ1n) is 6.44. The Labute approximate surface area is 118 Å². The molecular formula is C16H16ClNO. The zero-order valence-electron chi connectivity index (χ0n) is 10.7. The molecule has 1 aliphatic rings. The second-order valence-electron chi connectivity index (χ2n) is 5.07. The van der Waals surface area contributed by atoms with Gasteiger partial charge in [-0.05, 0) is 42.2 Å². The second-order valence-corrected chi connectivity index (χ2v) is 5.47. The smallest absolute Gasteiger partial charge is 0.0994 e. The van der Waals surface area contributed by atoms with Gasteiger partial charge < -0.3 is 10.4 Å². The molecule has 0 aliphatic carbocycles. The minimum Gasteiger partial charge on any atom is -0.386 e. The van der Waals surface area contributed by atoms with E-state index in [0.717, 1.165) is 23.2 Å². The normalized spacial score (nSPS) is 18.8. The van der Waals surface area contributed by atoms with Gasteiger partial charge in [0.1, 0.15) is 0 Å². The molecule has 98 valence electrons. The van der Waals surface area contributed by atoms with Crippen LogP contribution in [0.1, 0.15) is 22.8 Å². The van der Waals surface area contributed by atoms with Crippen LogP contribution in [0.5, 0.6) is 0 Å². The van der Waals surface area contributed by atoms with Gasteiger partial charge in [-0.2, -0.15) is 0 Å². The molecule has 19 heavy (non-hydrogen) atoms. The Morgan fingerprint density at radius 2 is 2.05 bits per heavy atom. The number of hydrogen-bond acceptors (Lipinski definition) is 2. The van der Waals surface area contributed by atoms with E-state index in [-0.39, 0.29) is 6.04 Å². The topological polar surface area (TPSA) is 32.3 Å². The first-order chi connectivity index (χ1) is 9.15. The van der Waals surface area contributed by atoms with Crippen LogP contribution >= 0.6 is 11.6 Å². The fraction of sp³-hybridized carbons (Fsp3) is 0.250. The number of aliphatic hydroxyl groups is 1. The highest BCUT2D eigenvalue weighted by atomic mass is 35.5. The lowest BCUT2D eigenvalue weighted by Gasteiger charge is -2.20. The van der Waals surface area contributed by atoms with E-state index in [0.29, 0.717) is 5.02 Å². The lowest BCUT2D eigenvalue weighted by atomic mass is 9.98. The van der Waals surface area contributed by atoms with Gasteiger partial charge in [-0.3, -0.25) is 0 Å². The van der Waals surface area contributed by atoms with Crippen LogP contribution in [0.3, 0.4) is 0 Å². The number of aliphatic hydroxyl groups excluding tert-OH is 1. The average molecular weight is 274 g/mol. The molecular weight excluding hydrogens is 258 g/mol.